The number of ether oxygens (including phenoxy) is 1. The molecule has 0 amide bonds. The van der Waals surface area contributed by atoms with Crippen molar-refractivity contribution in [3.63, 3.8) is 0 Å². The van der Waals surface area contributed by atoms with Gasteiger partial charge in [-0.15, -0.1) is 0 Å². The van der Waals surface area contributed by atoms with Gasteiger partial charge >= 0.3 is 5.97 Å². The van der Waals surface area contributed by atoms with Crippen LogP contribution >= 0.6 is 0 Å². The Morgan fingerprint density at radius 1 is 1.12 bits per heavy atom. The number of benzene rings is 1. The number of nitrogens with zero attached hydrogens (tertiary/aromatic N) is 2. The van der Waals surface area contributed by atoms with E-state index in [1.807, 2.05) is 6.07 Å². The van der Waals surface area contributed by atoms with E-state index in [-0.39, 0.29) is 20.5 Å². The number of carbonyl (C=O) groups excluding carboxylic acids is 1. The summed E-state index contributed by atoms with van der Waals surface area (Å²) in [6.07, 6.45) is 1.46. The van der Waals surface area contributed by atoms with Crippen LogP contribution in [-0.2, 0) is 30.2 Å². The molecule has 132 valence electrons. The van der Waals surface area contributed by atoms with Crippen LogP contribution in [0, 0.1) is 11.3 Å². The lowest BCUT2D eigenvalue weighted by molar-refractivity contribution is 0.0600. The van der Waals surface area contributed by atoms with E-state index >= 15 is 0 Å². The Balaban J connectivity index is 3.85. The molecule has 0 N–H and O–H groups in total. The first-order valence-electron chi connectivity index (χ1n) is 6.59. The van der Waals surface area contributed by atoms with Gasteiger partial charge in [-0.1, -0.05) is 0 Å². The standard InChI is InChI=1S/C14H18N2O6S2/c1-14(2,9-15)11-6-10(13(17)22-3)7-12(8-11)16(23(4,18)19)24(5,20)21/h6-8H,1-5H3. The molecule has 0 aromatic heterocycles. The number of esters is 1. The molecule has 10 heteroatoms. The maximum atomic E-state index is 11.9. The molecule has 0 aliphatic carbocycles. The van der Waals surface area contributed by atoms with Crippen molar-refractivity contribution in [3.05, 3.63) is 29.3 Å². The molecule has 1 aromatic rings. The quantitative estimate of drug-likeness (QED) is 0.705. The zero-order valence-electron chi connectivity index (χ0n) is 13.9. The number of nitriles is 1. The van der Waals surface area contributed by atoms with Gasteiger partial charge in [-0.2, -0.15) is 8.97 Å². The average Bonchev–Trinajstić information content (AvgIpc) is 2.42. The fraction of sp³-hybridized carbons (Fsp3) is 0.429. The lowest BCUT2D eigenvalue weighted by Gasteiger charge is -2.23. The molecule has 1 rings (SSSR count). The summed E-state index contributed by atoms with van der Waals surface area (Å²) in [6.45, 7) is 3.11. The highest BCUT2D eigenvalue weighted by Crippen LogP contribution is 2.30. The van der Waals surface area contributed by atoms with Crippen LogP contribution in [0.15, 0.2) is 18.2 Å². The first-order chi connectivity index (χ1) is 10.7. The zero-order valence-corrected chi connectivity index (χ0v) is 15.5. The van der Waals surface area contributed by atoms with Crippen molar-refractivity contribution in [2.45, 2.75) is 19.3 Å². The van der Waals surface area contributed by atoms with Crippen molar-refractivity contribution in [2.75, 3.05) is 23.3 Å². The summed E-state index contributed by atoms with van der Waals surface area (Å²) < 4.78 is 52.5. The third-order valence-electron chi connectivity index (χ3n) is 3.15. The molecule has 0 aliphatic heterocycles. The number of rotatable bonds is 5. The number of methoxy groups -OCH3 is 1. The van der Waals surface area contributed by atoms with Gasteiger partial charge in [0.25, 0.3) is 0 Å². The number of hydrogen-bond donors (Lipinski definition) is 0. The average molecular weight is 374 g/mol. The third-order valence-corrected chi connectivity index (χ3v) is 6.40. The van der Waals surface area contributed by atoms with Crippen LogP contribution in [0.2, 0.25) is 0 Å². The van der Waals surface area contributed by atoms with Gasteiger partial charge in [0.05, 0.1) is 42.4 Å². The summed E-state index contributed by atoms with van der Waals surface area (Å²) in [5, 5.41) is 9.27. The number of anilines is 1. The van der Waals surface area contributed by atoms with E-state index in [4.69, 9.17) is 0 Å². The minimum Gasteiger partial charge on any atom is -0.465 e. The Bertz CT molecular complexity index is 879. The van der Waals surface area contributed by atoms with Gasteiger partial charge in [0.1, 0.15) is 0 Å². The first-order valence-corrected chi connectivity index (χ1v) is 10.3. The van der Waals surface area contributed by atoms with Crippen LogP contribution in [0.1, 0.15) is 29.8 Å². The molecular formula is C14H18N2O6S2. The molecule has 0 bridgehead atoms. The predicted molar refractivity (Wildman–Crippen MR) is 88.6 cm³/mol. The molecule has 0 aliphatic rings. The van der Waals surface area contributed by atoms with Crippen molar-refractivity contribution < 1.29 is 26.4 Å². The summed E-state index contributed by atoms with van der Waals surface area (Å²) in [7, 11) is -7.23. The van der Waals surface area contributed by atoms with Crippen molar-refractivity contribution in [3.8, 4) is 6.07 Å². The van der Waals surface area contributed by atoms with Crippen molar-refractivity contribution in [2.24, 2.45) is 0 Å². The summed E-state index contributed by atoms with van der Waals surface area (Å²) >= 11 is 0. The maximum Gasteiger partial charge on any atom is 0.337 e. The number of sulfonamides is 2. The third kappa shape index (κ3) is 4.24. The van der Waals surface area contributed by atoms with E-state index in [1.165, 1.54) is 12.1 Å². The summed E-state index contributed by atoms with van der Waals surface area (Å²) in [5.74, 6) is -0.784. The summed E-state index contributed by atoms with van der Waals surface area (Å²) in [4.78, 5) is 11.8. The predicted octanol–water partition coefficient (Wildman–Crippen LogP) is 1.000. The molecule has 0 spiro atoms. The molecule has 1 aromatic carbocycles. The molecule has 0 saturated carbocycles. The van der Waals surface area contributed by atoms with Gasteiger partial charge in [0, 0.05) is 0 Å². The number of carbonyl (C=O) groups is 1. The van der Waals surface area contributed by atoms with E-state index in [0.717, 1.165) is 25.7 Å². The molecular weight excluding hydrogens is 356 g/mol. The van der Waals surface area contributed by atoms with Crippen LogP contribution in [0.3, 0.4) is 0 Å². The van der Waals surface area contributed by atoms with Crippen LogP contribution in [0.5, 0.6) is 0 Å². The molecule has 0 atom stereocenters. The van der Waals surface area contributed by atoms with Gasteiger partial charge in [0.2, 0.25) is 20.0 Å². The highest BCUT2D eigenvalue weighted by Gasteiger charge is 2.30. The molecule has 0 fully saturated rings. The lowest BCUT2D eigenvalue weighted by Crippen LogP contribution is -2.35. The molecule has 24 heavy (non-hydrogen) atoms. The van der Waals surface area contributed by atoms with Gasteiger partial charge in [0.15, 0.2) is 0 Å². The monoisotopic (exact) mass is 374 g/mol. The van der Waals surface area contributed by atoms with E-state index in [9.17, 15) is 26.9 Å². The fourth-order valence-corrected chi connectivity index (χ4v) is 4.95. The van der Waals surface area contributed by atoms with Crippen molar-refractivity contribution in [1.29, 1.82) is 5.26 Å². The topological polar surface area (TPSA) is 122 Å². The van der Waals surface area contributed by atoms with E-state index in [1.54, 1.807) is 13.8 Å². The molecule has 8 nitrogen and oxygen atoms in total. The SMILES string of the molecule is COC(=O)c1cc(N(S(C)(=O)=O)S(C)(=O)=O)cc(C(C)(C)C#N)c1. The Morgan fingerprint density at radius 2 is 1.62 bits per heavy atom. The molecule has 0 saturated heterocycles. The minimum atomic E-state index is -4.18. The van der Waals surface area contributed by atoms with Crippen molar-refractivity contribution >= 4 is 31.7 Å². The second kappa shape index (κ2) is 6.41. The smallest absolute Gasteiger partial charge is 0.337 e. The van der Waals surface area contributed by atoms with Crippen molar-refractivity contribution in [1.82, 2.24) is 0 Å². The Kier molecular flexibility index (Phi) is 5.32. The zero-order chi connectivity index (χ0) is 18.9. The normalized spacial score (nSPS) is 12.3. The highest BCUT2D eigenvalue weighted by molar-refractivity contribution is 8.09. The lowest BCUT2D eigenvalue weighted by atomic mass is 9.85. The Labute approximate surface area is 141 Å². The highest BCUT2D eigenvalue weighted by atomic mass is 32.3. The van der Waals surface area contributed by atoms with Gasteiger partial charge in [-0.3, -0.25) is 0 Å². The summed E-state index contributed by atoms with van der Waals surface area (Å²) in [6, 6.07) is 5.71. The Hall–Kier alpha value is -2.12. The van der Waals surface area contributed by atoms with Gasteiger partial charge in [-0.25, -0.2) is 21.6 Å². The summed E-state index contributed by atoms with van der Waals surface area (Å²) in [5.41, 5.74) is -1.13. The van der Waals surface area contributed by atoms with Gasteiger partial charge < -0.3 is 4.74 Å². The van der Waals surface area contributed by atoms with Crippen LogP contribution in [-0.4, -0.2) is 42.4 Å². The maximum absolute atomic E-state index is 11.9. The van der Waals surface area contributed by atoms with E-state index < -0.39 is 31.4 Å². The van der Waals surface area contributed by atoms with E-state index in [0.29, 0.717) is 0 Å². The Morgan fingerprint density at radius 3 is 2.00 bits per heavy atom. The number of hydrogen-bond acceptors (Lipinski definition) is 7. The second-order valence-electron chi connectivity index (χ2n) is 5.72. The molecule has 0 heterocycles. The molecule has 0 radical (unpaired) electrons. The van der Waals surface area contributed by atoms with Gasteiger partial charge in [-0.05, 0) is 37.6 Å². The van der Waals surface area contributed by atoms with Crippen LogP contribution in [0.25, 0.3) is 0 Å². The second-order valence-corrected chi connectivity index (χ2v) is 9.61. The molecule has 0 unspecified atom stereocenters. The van der Waals surface area contributed by atoms with E-state index in [2.05, 4.69) is 4.74 Å². The largest absolute Gasteiger partial charge is 0.465 e. The van der Waals surface area contributed by atoms with Crippen LogP contribution in [0.4, 0.5) is 5.69 Å². The minimum absolute atomic E-state index is 0.0642. The fourth-order valence-electron chi connectivity index (χ4n) is 2.01. The first kappa shape index (κ1) is 19.9. The van der Waals surface area contributed by atoms with Crippen LogP contribution < -0.4 is 3.71 Å².